The summed E-state index contributed by atoms with van der Waals surface area (Å²) in [5.41, 5.74) is 5.77. The third-order valence-electron chi connectivity index (χ3n) is 6.71. The Morgan fingerprint density at radius 3 is 2.61 bits per heavy atom. The first-order valence-electron chi connectivity index (χ1n) is 11.8. The van der Waals surface area contributed by atoms with Crippen molar-refractivity contribution in [2.45, 2.75) is 45.4 Å². The lowest BCUT2D eigenvalue weighted by molar-refractivity contribution is 0.498. The lowest BCUT2D eigenvalue weighted by atomic mass is 9.90. The van der Waals surface area contributed by atoms with Crippen molar-refractivity contribution in [3.63, 3.8) is 0 Å². The molecule has 0 amide bonds. The van der Waals surface area contributed by atoms with Gasteiger partial charge in [0.1, 0.15) is 11.9 Å². The molecule has 2 saturated heterocycles. The number of rotatable bonds is 4. The van der Waals surface area contributed by atoms with Gasteiger partial charge < -0.3 is 9.80 Å². The molecule has 0 saturated carbocycles. The van der Waals surface area contributed by atoms with Crippen LogP contribution >= 0.6 is 0 Å². The van der Waals surface area contributed by atoms with E-state index < -0.39 is 0 Å². The van der Waals surface area contributed by atoms with Crippen LogP contribution in [0, 0.1) is 25.2 Å². The number of aromatic nitrogens is 4. The lowest BCUT2D eigenvalue weighted by Crippen LogP contribution is -2.36. The molecule has 0 aromatic carbocycles. The molecule has 1 atom stereocenters. The quantitative estimate of drug-likeness (QED) is 0.596. The minimum absolute atomic E-state index is 0.229. The van der Waals surface area contributed by atoms with E-state index in [1.807, 2.05) is 38.4 Å². The second kappa shape index (κ2) is 9.14. The summed E-state index contributed by atoms with van der Waals surface area (Å²) in [7, 11) is 0. The zero-order valence-electron chi connectivity index (χ0n) is 19.3. The summed E-state index contributed by atoms with van der Waals surface area (Å²) < 4.78 is 0. The van der Waals surface area contributed by atoms with Crippen molar-refractivity contribution in [2.24, 2.45) is 0 Å². The molecule has 2 aliphatic heterocycles. The molecule has 3 aromatic rings. The van der Waals surface area contributed by atoms with Gasteiger partial charge in [0.25, 0.3) is 0 Å². The summed E-state index contributed by atoms with van der Waals surface area (Å²) >= 11 is 0. The molecule has 0 spiro atoms. The summed E-state index contributed by atoms with van der Waals surface area (Å²) in [6.07, 6.45) is 10.1. The summed E-state index contributed by atoms with van der Waals surface area (Å²) in [5.74, 6) is 1.86. The summed E-state index contributed by atoms with van der Waals surface area (Å²) in [4.78, 5) is 23.5. The minimum atomic E-state index is 0.229. The van der Waals surface area contributed by atoms with Crippen LogP contribution in [0.3, 0.4) is 0 Å². The second-order valence-corrected chi connectivity index (χ2v) is 9.08. The van der Waals surface area contributed by atoms with Gasteiger partial charge in [-0.1, -0.05) is 6.07 Å². The topological polar surface area (TPSA) is 81.8 Å². The molecule has 0 unspecified atom stereocenters. The lowest BCUT2D eigenvalue weighted by Gasteiger charge is -2.35. The number of piperidine rings is 1. The molecule has 7 nitrogen and oxygen atoms in total. The van der Waals surface area contributed by atoms with E-state index in [0.717, 1.165) is 78.9 Å². The van der Waals surface area contributed by atoms with Crippen molar-refractivity contribution in [2.75, 3.05) is 36.0 Å². The van der Waals surface area contributed by atoms with Crippen LogP contribution in [0.4, 0.5) is 11.8 Å². The predicted octanol–water partition coefficient (Wildman–Crippen LogP) is 4.41. The standard InChI is InChI=1S/C26H29N7/c1-18-13-19(2)30-25(22(18)14-27)33-12-6-8-21(17-33)24-23(20-7-5-9-28-15-20)16-29-26(31-24)32-10-3-4-11-32/h5,7,9,13,15-16,21H,3-4,6,8,10-12,17H2,1-2H3/t21-/m1/s1. The zero-order chi connectivity index (χ0) is 22.8. The number of hydrogen-bond donors (Lipinski definition) is 0. The van der Waals surface area contributed by atoms with Gasteiger partial charge in [0, 0.05) is 67.5 Å². The average Bonchev–Trinajstić information content (AvgIpc) is 3.39. The van der Waals surface area contributed by atoms with Crippen LogP contribution in [0.15, 0.2) is 36.8 Å². The minimum Gasteiger partial charge on any atom is -0.355 e. The van der Waals surface area contributed by atoms with Crippen LogP contribution in [0.1, 0.15) is 54.1 Å². The van der Waals surface area contributed by atoms with E-state index in [-0.39, 0.29) is 5.92 Å². The summed E-state index contributed by atoms with van der Waals surface area (Å²) in [6, 6.07) is 8.40. The van der Waals surface area contributed by atoms with Crippen molar-refractivity contribution in [3.8, 4) is 17.2 Å². The third-order valence-corrected chi connectivity index (χ3v) is 6.71. The van der Waals surface area contributed by atoms with Crippen LogP contribution in [0.2, 0.25) is 0 Å². The van der Waals surface area contributed by atoms with E-state index in [9.17, 15) is 5.26 Å². The third kappa shape index (κ3) is 4.25. The van der Waals surface area contributed by atoms with Gasteiger partial charge in [-0.15, -0.1) is 0 Å². The summed E-state index contributed by atoms with van der Waals surface area (Å²) in [5, 5.41) is 9.80. The van der Waals surface area contributed by atoms with Crippen LogP contribution in [-0.4, -0.2) is 46.1 Å². The molecule has 33 heavy (non-hydrogen) atoms. The highest BCUT2D eigenvalue weighted by molar-refractivity contribution is 5.66. The monoisotopic (exact) mass is 439 g/mol. The fourth-order valence-corrected chi connectivity index (χ4v) is 5.09. The van der Waals surface area contributed by atoms with Crippen molar-refractivity contribution >= 4 is 11.8 Å². The van der Waals surface area contributed by atoms with E-state index in [4.69, 9.17) is 15.0 Å². The Kier molecular flexibility index (Phi) is 5.91. The first-order chi connectivity index (χ1) is 16.1. The van der Waals surface area contributed by atoms with Gasteiger partial charge in [-0.3, -0.25) is 4.98 Å². The van der Waals surface area contributed by atoms with Crippen LogP contribution < -0.4 is 9.80 Å². The van der Waals surface area contributed by atoms with Gasteiger partial charge in [-0.05, 0) is 57.2 Å². The number of pyridine rings is 2. The van der Waals surface area contributed by atoms with E-state index in [1.165, 1.54) is 12.8 Å². The number of nitrogens with zero attached hydrogens (tertiary/aromatic N) is 7. The maximum atomic E-state index is 9.80. The van der Waals surface area contributed by atoms with Gasteiger partial charge in [0.05, 0.1) is 11.3 Å². The Bertz CT molecular complexity index is 1180. The van der Waals surface area contributed by atoms with Crippen molar-refractivity contribution in [3.05, 3.63) is 59.3 Å². The van der Waals surface area contributed by atoms with Crippen molar-refractivity contribution < 1.29 is 0 Å². The molecule has 168 valence electrons. The molecule has 0 aliphatic carbocycles. The van der Waals surface area contributed by atoms with E-state index in [2.05, 4.69) is 26.9 Å². The fourth-order valence-electron chi connectivity index (χ4n) is 5.09. The normalized spacial score (nSPS) is 18.4. The Morgan fingerprint density at radius 1 is 1.03 bits per heavy atom. The highest BCUT2D eigenvalue weighted by Crippen LogP contribution is 2.36. The van der Waals surface area contributed by atoms with Crippen molar-refractivity contribution in [1.29, 1.82) is 5.26 Å². The number of hydrogen-bond acceptors (Lipinski definition) is 7. The van der Waals surface area contributed by atoms with Gasteiger partial charge in [0.2, 0.25) is 5.95 Å². The Morgan fingerprint density at radius 2 is 1.85 bits per heavy atom. The fraction of sp³-hybridized carbons (Fsp3) is 0.423. The molecular weight excluding hydrogens is 410 g/mol. The van der Waals surface area contributed by atoms with Crippen LogP contribution in [-0.2, 0) is 0 Å². The first-order valence-corrected chi connectivity index (χ1v) is 11.8. The van der Waals surface area contributed by atoms with Crippen molar-refractivity contribution in [1.82, 2.24) is 19.9 Å². The van der Waals surface area contributed by atoms with Gasteiger partial charge in [-0.25, -0.2) is 15.0 Å². The second-order valence-electron chi connectivity index (χ2n) is 9.08. The Balaban J connectivity index is 1.54. The van der Waals surface area contributed by atoms with E-state index in [0.29, 0.717) is 5.56 Å². The van der Waals surface area contributed by atoms with E-state index >= 15 is 0 Å². The molecule has 7 heteroatoms. The largest absolute Gasteiger partial charge is 0.355 e. The molecule has 2 aliphatic rings. The Labute approximate surface area is 195 Å². The maximum Gasteiger partial charge on any atom is 0.225 e. The average molecular weight is 440 g/mol. The van der Waals surface area contributed by atoms with Gasteiger partial charge in [-0.2, -0.15) is 5.26 Å². The molecule has 3 aromatic heterocycles. The molecule has 5 heterocycles. The molecule has 0 bridgehead atoms. The highest BCUT2D eigenvalue weighted by Gasteiger charge is 2.29. The molecule has 0 radical (unpaired) electrons. The predicted molar refractivity (Wildman–Crippen MR) is 129 cm³/mol. The summed E-state index contributed by atoms with van der Waals surface area (Å²) in [6.45, 7) is 7.69. The van der Waals surface area contributed by atoms with Gasteiger partial charge >= 0.3 is 0 Å². The molecule has 2 fully saturated rings. The van der Waals surface area contributed by atoms with E-state index in [1.54, 1.807) is 6.20 Å². The van der Waals surface area contributed by atoms with Gasteiger partial charge in [0.15, 0.2) is 0 Å². The highest BCUT2D eigenvalue weighted by atomic mass is 15.3. The number of anilines is 2. The zero-order valence-corrected chi connectivity index (χ0v) is 19.3. The SMILES string of the molecule is Cc1cc(C)c(C#N)c(N2CCC[C@@H](c3nc(N4CCCC4)ncc3-c3cccnc3)C2)n1. The molecule has 0 N–H and O–H groups in total. The molecular formula is C26H29N7. The smallest absolute Gasteiger partial charge is 0.225 e. The molecule has 5 rings (SSSR count). The van der Waals surface area contributed by atoms with Crippen LogP contribution in [0.25, 0.3) is 11.1 Å². The maximum absolute atomic E-state index is 9.80. The van der Waals surface area contributed by atoms with Crippen LogP contribution in [0.5, 0.6) is 0 Å². The first kappa shape index (κ1) is 21.3. The Hall–Kier alpha value is -3.53. The number of nitriles is 1. The number of aryl methyl sites for hydroxylation is 2.